The van der Waals surface area contributed by atoms with Gasteiger partial charge >= 0.3 is 13.1 Å². The molecule has 0 bridgehead atoms. The molecule has 2 N–H and O–H groups in total. The van der Waals surface area contributed by atoms with Crippen molar-refractivity contribution in [2.45, 2.75) is 33.5 Å². The molecule has 1 aromatic rings. The molecule has 2 rings (SSSR count). The summed E-state index contributed by atoms with van der Waals surface area (Å²) in [6.45, 7) is 5.38. The predicted octanol–water partition coefficient (Wildman–Crippen LogP) is -0.106. The number of esters is 1. The highest BCUT2D eigenvalue weighted by Crippen LogP contribution is 2.16. The standard InChI is InChI=1S/C14H18BNO5/c1-8(2)21-12(17)6-16-14(18)11-5-4-10-7-20-15(19)13(10)9(11)3/h4-5,8,19H,6-7H2,1-3H3,(H,16,18). The molecule has 0 radical (unpaired) electrons. The molecule has 21 heavy (non-hydrogen) atoms. The summed E-state index contributed by atoms with van der Waals surface area (Å²) in [7, 11) is -1.00. The largest absolute Gasteiger partial charge is 0.492 e. The number of amides is 1. The molecule has 0 atom stereocenters. The predicted molar refractivity (Wildman–Crippen MR) is 77.1 cm³/mol. The molecule has 6 nitrogen and oxygen atoms in total. The zero-order valence-corrected chi connectivity index (χ0v) is 12.3. The van der Waals surface area contributed by atoms with Crippen LogP contribution in [0.1, 0.15) is 35.3 Å². The van der Waals surface area contributed by atoms with Crippen molar-refractivity contribution in [3.63, 3.8) is 0 Å². The summed E-state index contributed by atoms with van der Waals surface area (Å²) >= 11 is 0. The summed E-state index contributed by atoms with van der Waals surface area (Å²) in [5.74, 6) is -0.865. The molecule has 7 heteroatoms. The molecule has 0 aromatic heterocycles. The summed E-state index contributed by atoms with van der Waals surface area (Å²) in [6.07, 6.45) is -0.219. The fourth-order valence-electron chi connectivity index (χ4n) is 2.30. The summed E-state index contributed by atoms with van der Waals surface area (Å²) in [6, 6.07) is 3.42. The second kappa shape index (κ2) is 6.28. The fraction of sp³-hybridized carbons (Fsp3) is 0.429. The Labute approximate surface area is 123 Å². The minimum absolute atomic E-state index is 0.188. The van der Waals surface area contributed by atoms with E-state index in [0.717, 1.165) is 5.56 Å². The van der Waals surface area contributed by atoms with Crippen LogP contribution >= 0.6 is 0 Å². The minimum atomic E-state index is -1.00. The first kappa shape index (κ1) is 15.5. The molecule has 1 amide bonds. The number of benzene rings is 1. The van der Waals surface area contributed by atoms with Crippen molar-refractivity contribution in [2.24, 2.45) is 0 Å². The Morgan fingerprint density at radius 1 is 1.48 bits per heavy atom. The van der Waals surface area contributed by atoms with Gasteiger partial charge in [0.25, 0.3) is 5.91 Å². The number of fused-ring (bicyclic) bond motifs is 1. The SMILES string of the molecule is Cc1c(C(=O)NCC(=O)OC(C)C)ccc2c1B(O)OC2. The molecule has 112 valence electrons. The van der Waals surface area contributed by atoms with Gasteiger partial charge in [0.05, 0.1) is 12.7 Å². The van der Waals surface area contributed by atoms with Gasteiger partial charge in [0.15, 0.2) is 0 Å². The molecule has 1 aliphatic rings. The van der Waals surface area contributed by atoms with E-state index in [4.69, 9.17) is 9.39 Å². The van der Waals surface area contributed by atoms with Crippen molar-refractivity contribution in [3.05, 3.63) is 28.8 Å². The number of rotatable bonds is 4. The van der Waals surface area contributed by atoms with Gasteiger partial charge in [-0.2, -0.15) is 0 Å². The van der Waals surface area contributed by atoms with E-state index in [0.29, 0.717) is 23.2 Å². The third-order valence-corrected chi connectivity index (χ3v) is 3.25. The molecule has 0 saturated carbocycles. The highest BCUT2D eigenvalue weighted by atomic mass is 16.5. The van der Waals surface area contributed by atoms with Crippen LogP contribution in [0, 0.1) is 6.92 Å². The average molecular weight is 291 g/mol. The Morgan fingerprint density at radius 2 is 2.19 bits per heavy atom. The van der Waals surface area contributed by atoms with Crippen molar-refractivity contribution in [1.82, 2.24) is 5.32 Å². The molecule has 1 aromatic carbocycles. The van der Waals surface area contributed by atoms with E-state index in [-0.39, 0.29) is 18.6 Å². The monoisotopic (exact) mass is 291 g/mol. The van der Waals surface area contributed by atoms with E-state index in [2.05, 4.69) is 5.32 Å². The summed E-state index contributed by atoms with van der Waals surface area (Å²) in [5.41, 5.74) is 2.58. The molecule has 0 spiro atoms. The van der Waals surface area contributed by atoms with Gasteiger partial charge in [-0.05, 0) is 43.4 Å². The Kier molecular flexibility index (Phi) is 4.64. The van der Waals surface area contributed by atoms with Gasteiger partial charge in [-0.15, -0.1) is 0 Å². The number of ether oxygens (including phenoxy) is 1. The third kappa shape index (κ3) is 3.43. The van der Waals surface area contributed by atoms with E-state index < -0.39 is 13.1 Å². The van der Waals surface area contributed by atoms with E-state index in [1.54, 1.807) is 32.9 Å². The first-order chi connectivity index (χ1) is 9.90. The number of carbonyl (C=O) groups is 2. The van der Waals surface area contributed by atoms with Crippen molar-refractivity contribution in [3.8, 4) is 0 Å². The molecule has 0 saturated heterocycles. The average Bonchev–Trinajstić information content (AvgIpc) is 2.78. The van der Waals surface area contributed by atoms with Gasteiger partial charge in [-0.25, -0.2) is 0 Å². The highest BCUT2D eigenvalue weighted by molar-refractivity contribution is 6.62. The van der Waals surface area contributed by atoms with Crippen LogP contribution in [-0.4, -0.2) is 36.7 Å². The summed E-state index contributed by atoms with van der Waals surface area (Å²) in [5, 5.41) is 12.3. The van der Waals surface area contributed by atoms with E-state index in [1.165, 1.54) is 0 Å². The number of hydrogen-bond donors (Lipinski definition) is 2. The van der Waals surface area contributed by atoms with Crippen molar-refractivity contribution < 1.29 is 24.0 Å². The van der Waals surface area contributed by atoms with E-state index >= 15 is 0 Å². The first-order valence-electron chi connectivity index (χ1n) is 6.80. The Morgan fingerprint density at radius 3 is 2.86 bits per heavy atom. The van der Waals surface area contributed by atoms with E-state index in [1.807, 2.05) is 0 Å². The van der Waals surface area contributed by atoms with Crippen LogP contribution in [0.3, 0.4) is 0 Å². The van der Waals surface area contributed by atoms with Crippen LogP contribution in [0.2, 0.25) is 0 Å². The number of hydrogen-bond acceptors (Lipinski definition) is 5. The van der Waals surface area contributed by atoms with Crippen LogP contribution in [-0.2, 0) is 20.8 Å². The lowest BCUT2D eigenvalue weighted by Crippen LogP contribution is -2.35. The second-order valence-electron chi connectivity index (χ2n) is 5.20. The zero-order chi connectivity index (χ0) is 15.6. The Hall–Kier alpha value is -1.86. The lowest BCUT2D eigenvalue weighted by Gasteiger charge is -2.12. The van der Waals surface area contributed by atoms with Gasteiger partial charge in [-0.1, -0.05) is 6.07 Å². The van der Waals surface area contributed by atoms with Gasteiger partial charge < -0.3 is 19.7 Å². The zero-order valence-electron chi connectivity index (χ0n) is 12.3. The third-order valence-electron chi connectivity index (χ3n) is 3.25. The van der Waals surface area contributed by atoms with Crippen LogP contribution in [0.15, 0.2) is 12.1 Å². The molecule has 0 unspecified atom stereocenters. The highest BCUT2D eigenvalue weighted by Gasteiger charge is 2.31. The second-order valence-corrected chi connectivity index (χ2v) is 5.20. The van der Waals surface area contributed by atoms with Crippen LogP contribution in [0.25, 0.3) is 0 Å². The van der Waals surface area contributed by atoms with Gasteiger partial charge in [-0.3, -0.25) is 9.59 Å². The Balaban J connectivity index is 2.07. The molecular formula is C14H18BNO5. The Bertz CT molecular complexity index is 573. The molecule has 1 aliphatic heterocycles. The summed E-state index contributed by atoms with van der Waals surface area (Å²) in [4.78, 5) is 23.5. The molecule has 0 fully saturated rings. The fourth-order valence-corrected chi connectivity index (χ4v) is 2.30. The van der Waals surface area contributed by atoms with E-state index in [9.17, 15) is 14.6 Å². The summed E-state index contributed by atoms with van der Waals surface area (Å²) < 4.78 is 10.1. The number of carbonyl (C=O) groups excluding carboxylic acids is 2. The van der Waals surface area contributed by atoms with Crippen LogP contribution in [0.5, 0.6) is 0 Å². The molecule has 1 heterocycles. The van der Waals surface area contributed by atoms with Gasteiger partial charge in [0, 0.05) is 5.56 Å². The van der Waals surface area contributed by atoms with Crippen LogP contribution in [0.4, 0.5) is 0 Å². The van der Waals surface area contributed by atoms with Crippen molar-refractivity contribution in [2.75, 3.05) is 6.54 Å². The topological polar surface area (TPSA) is 84.9 Å². The van der Waals surface area contributed by atoms with Crippen LogP contribution < -0.4 is 10.8 Å². The normalized spacial score (nSPS) is 13.3. The van der Waals surface area contributed by atoms with Crippen molar-refractivity contribution in [1.29, 1.82) is 0 Å². The number of nitrogens with one attached hydrogen (secondary N) is 1. The van der Waals surface area contributed by atoms with Gasteiger partial charge in [0.2, 0.25) is 0 Å². The molecule has 0 aliphatic carbocycles. The van der Waals surface area contributed by atoms with Crippen molar-refractivity contribution >= 4 is 24.5 Å². The minimum Gasteiger partial charge on any atom is -0.462 e. The first-order valence-corrected chi connectivity index (χ1v) is 6.80. The maximum Gasteiger partial charge on any atom is 0.492 e. The lowest BCUT2D eigenvalue weighted by molar-refractivity contribution is -0.146. The quantitative estimate of drug-likeness (QED) is 0.597. The maximum absolute atomic E-state index is 12.1. The molecular weight excluding hydrogens is 273 g/mol. The lowest BCUT2D eigenvalue weighted by atomic mass is 9.75. The smallest absolute Gasteiger partial charge is 0.462 e. The van der Waals surface area contributed by atoms with Gasteiger partial charge in [0.1, 0.15) is 6.54 Å². The maximum atomic E-state index is 12.1.